The summed E-state index contributed by atoms with van der Waals surface area (Å²) in [7, 11) is 0. The van der Waals surface area contributed by atoms with E-state index in [1.54, 1.807) is 0 Å². The quantitative estimate of drug-likeness (QED) is 0.126. The lowest BCUT2D eigenvalue weighted by molar-refractivity contribution is -0.137. The van der Waals surface area contributed by atoms with Crippen molar-refractivity contribution in [3.8, 4) is 27.9 Å². The molecule has 12 rings (SSSR count). The van der Waals surface area contributed by atoms with Crippen molar-refractivity contribution in [1.82, 2.24) is 4.57 Å². The van der Waals surface area contributed by atoms with Crippen LogP contribution < -0.4 is 26.2 Å². The molecule has 306 valence electrons. The van der Waals surface area contributed by atoms with Gasteiger partial charge in [0, 0.05) is 56.5 Å². The van der Waals surface area contributed by atoms with Crippen molar-refractivity contribution in [3.05, 3.63) is 217 Å². The second-order valence-corrected chi connectivity index (χ2v) is 16.3. The van der Waals surface area contributed by atoms with E-state index in [4.69, 9.17) is 0 Å². The Hall–Kier alpha value is -7.91. The number of hydrogen-bond donors (Lipinski definition) is 0. The minimum Gasteiger partial charge on any atom is -0.311 e. The minimum atomic E-state index is -4.68. The lowest BCUT2D eigenvalue weighted by Crippen LogP contribution is -2.61. The molecule has 2 aliphatic rings. The normalized spacial score (nSPS) is 13.0. The fourth-order valence-electron chi connectivity index (χ4n) is 10.0. The summed E-state index contributed by atoms with van der Waals surface area (Å²) in [6.45, 7) is -0.0451. The molecule has 0 amide bonds. The molecule has 0 fully saturated rings. The van der Waals surface area contributed by atoms with Gasteiger partial charge in [-0.25, -0.2) is 8.78 Å². The van der Waals surface area contributed by atoms with Gasteiger partial charge in [-0.2, -0.15) is 13.2 Å². The Morgan fingerprint density at radius 2 is 0.938 bits per heavy atom. The number of aromatic nitrogens is 1. The molecular formula is C55H33BF5N3. The number of nitrogens with zero attached hydrogens (tertiary/aromatic N) is 3. The lowest BCUT2D eigenvalue weighted by atomic mass is 9.33. The molecule has 9 aromatic carbocycles. The first kappa shape index (κ1) is 37.8. The molecule has 1 aromatic heterocycles. The van der Waals surface area contributed by atoms with E-state index in [0.29, 0.717) is 11.8 Å². The highest BCUT2D eigenvalue weighted by Crippen LogP contribution is 2.47. The number of halogens is 5. The molecule has 0 N–H and O–H groups in total. The van der Waals surface area contributed by atoms with Crippen molar-refractivity contribution in [2.45, 2.75) is 6.18 Å². The van der Waals surface area contributed by atoms with E-state index < -0.39 is 23.4 Å². The van der Waals surface area contributed by atoms with Crippen molar-refractivity contribution in [2.24, 2.45) is 0 Å². The van der Waals surface area contributed by atoms with Crippen LogP contribution in [0.3, 0.4) is 0 Å². The lowest BCUT2D eigenvalue weighted by Gasteiger charge is -2.44. The Morgan fingerprint density at radius 1 is 0.391 bits per heavy atom. The summed E-state index contributed by atoms with van der Waals surface area (Å²) < 4.78 is 74.1. The largest absolute Gasteiger partial charge is 0.416 e. The average Bonchev–Trinajstić information content (AvgIpc) is 3.64. The monoisotopic (exact) mass is 841 g/mol. The van der Waals surface area contributed by atoms with Crippen LogP contribution in [0.2, 0.25) is 0 Å². The van der Waals surface area contributed by atoms with Crippen LogP contribution in [0.1, 0.15) is 5.56 Å². The number of alkyl halides is 3. The molecule has 0 saturated carbocycles. The molecule has 0 atom stereocenters. The Morgan fingerprint density at radius 3 is 1.55 bits per heavy atom. The first-order valence-electron chi connectivity index (χ1n) is 21.0. The summed E-state index contributed by atoms with van der Waals surface area (Å²) in [5, 5.41) is 1.73. The van der Waals surface area contributed by atoms with Gasteiger partial charge in [-0.1, -0.05) is 97.1 Å². The van der Waals surface area contributed by atoms with Crippen LogP contribution in [0, 0.1) is 11.6 Å². The second-order valence-electron chi connectivity index (χ2n) is 16.3. The van der Waals surface area contributed by atoms with Gasteiger partial charge in [-0.3, -0.25) is 0 Å². The van der Waals surface area contributed by atoms with E-state index in [-0.39, 0.29) is 17.8 Å². The molecule has 3 nitrogen and oxygen atoms in total. The SMILES string of the molecule is Fc1cc(F)cc(-c2cc(C(F)(F)F)ccc2-n2c3ccccc3c3cc(-c4cc5c6c(c4)N(c4ccccc4)c4ccccc4B6c4ccccc4N5c4ccccc4)ccc32)c1. The number of anilines is 6. The second kappa shape index (κ2) is 14.3. The zero-order valence-corrected chi connectivity index (χ0v) is 33.9. The van der Waals surface area contributed by atoms with E-state index in [1.807, 2.05) is 53.1 Å². The van der Waals surface area contributed by atoms with Gasteiger partial charge in [0.1, 0.15) is 11.6 Å². The molecule has 0 bridgehead atoms. The van der Waals surface area contributed by atoms with Crippen LogP contribution in [0.25, 0.3) is 49.7 Å². The zero-order valence-electron chi connectivity index (χ0n) is 33.9. The van der Waals surface area contributed by atoms with Crippen LogP contribution in [0.4, 0.5) is 56.1 Å². The predicted octanol–water partition coefficient (Wildman–Crippen LogP) is 13.5. The summed E-state index contributed by atoms with van der Waals surface area (Å²) >= 11 is 0. The molecule has 0 aliphatic carbocycles. The van der Waals surface area contributed by atoms with E-state index in [1.165, 1.54) is 22.5 Å². The molecule has 0 saturated heterocycles. The topological polar surface area (TPSA) is 11.4 Å². The van der Waals surface area contributed by atoms with Crippen molar-refractivity contribution >= 4 is 79.0 Å². The molecule has 3 heterocycles. The first-order valence-corrected chi connectivity index (χ1v) is 21.0. The summed E-state index contributed by atoms with van der Waals surface area (Å²) in [5.41, 5.74) is 12.8. The maximum Gasteiger partial charge on any atom is 0.416 e. The van der Waals surface area contributed by atoms with E-state index in [2.05, 4.69) is 125 Å². The van der Waals surface area contributed by atoms with Gasteiger partial charge in [-0.15, -0.1) is 0 Å². The Labute approximate surface area is 365 Å². The van der Waals surface area contributed by atoms with Crippen LogP contribution in [-0.4, -0.2) is 11.3 Å². The standard InChI is InChI=1S/C55H33BF5N3/c57-38-27-36(28-39(58)33-38)43-32-37(55(59,60)61)24-26-48(43)64-47-20-10-7-17-42(47)44-29-34(23-25-49(44)64)35-30-52-54-53(31-35)63(41-15-5-2-6-16-41)51-22-12-9-19-46(51)56(54)45-18-8-11-21-50(45)62(52)40-13-3-1-4-14-40/h1-33H. The number of benzene rings is 9. The first-order chi connectivity index (χ1) is 31.2. The summed E-state index contributed by atoms with van der Waals surface area (Å²) in [6.07, 6.45) is -4.68. The van der Waals surface area contributed by atoms with Crippen molar-refractivity contribution < 1.29 is 22.0 Å². The predicted molar refractivity (Wildman–Crippen MR) is 251 cm³/mol. The van der Waals surface area contributed by atoms with Gasteiger partial charge in [-0.05, 0) is 130 Å². The van der Waals surface area contributed by atoms with Crippen LogP contribution >= 0.6 is 0 Å². The number of hydrogen-bond acceptors (Lipinski definition) is 2. The van der Waals surface area contributed by atoms with Crippen LogP contribution in [0.5, 0.6) is 0 Å². The molecule has 9 heteroatoms. The van der Waals surface area contributed by atoms with Gasteiger partial charge >= 0.3 is 6.18 Å². The van der Waals surface area contributed by atoms with Crippen molar-refractivity contribution in [3.63, 3.8) is 0 Å². The number of para-hydroxylation sites is 5. The van der Waals surface area contributed by atoms with Crippen molar-refractivity contribution in [1.29, 1.82) is 0 Å². The van der Waals surface area contributed by atoms with Crippen LogP contribution in [-0.2, 0) is 6.18 Å². The minimum absolute atomic E-state index is 0.00317. The summed E-state index contributed by atoms with van der Waals surface area (Å²) in [4.78, 5) is 4.72. The molecule has 2 aliphatic heterocycles. The smallest absolute Gasteiger partial charge is 0.311 e. The highest BCUT2D eigenvalue weighted by Gasteiger charge is 2.43. The highest BCUT2D eigenvalue weighted by atomic mass is 19.4. The third-order valence-corrected chi connectivity index (χ3v) is 12.7. The van der Waals surface area contributed by atoms with Crippen LogP contribution in [0.15, 0.2) is 200 Å². The Kier molecular flexibility index (Phi) is 8.46. The third-order valence-electron chi connectivity index (χ3n) is 12.7. The van der Waals surface area contributed by atoms with Gasteiger partial charge in [0.15, 0.2) is 0 Å². The van der Waals surface area contributed by atoms with Crippen molar-refractivity contribution in [2.75, 3.05) is 9.80 Å². The fourth-order valence-corrected chi connectivity index (χ4v) is 10.0. The van der Waals surface area contributed by atoms with Gasteiger partial charge < -0.3 is 14.4 Å². The molecule has 64 heavy (non-hydrogen) atoms. The molecular weight excluding hydrogens is 808 g/mol. The number of fused-ring (bicyclic) bond motifs is 7. The fraction of sp³-hybridized carbons (Fsp3) is 0.0182. The van der Waals surface area contributed by atoms with E-state index in [0.717, 1.165) is 91.3 Å². The molecule has 0 unspecified atom stereocenters. The maximum atomic E-state index is 14.7. The summed E-state index contributed by atoms with van der Waals surface area (Å²) in [6, 6.07) is 62.7. The third kappa shape index (κ3) is 5.88. The Balaban J connectivity index is 1.12. The Bertz CT molecular complexity index is 3360. The van der Waals surface area contributed by atoms with Gasteiger partial charge in [0.2, 0.25) is 0 Å². The van der Waals surface area contributed by atoms with Gasteiger partial charge in [0.25, 0.3) is 6.71 Å². The van der Waals surface area contributed by atoms with E-state index in [9.17, 15) is 22.0 Å². The number of rotatable bonds is 5. The highest BCUT2D eigenvalue weighted by molar-refractivity contribution is 7.00. The molecule has 0 spiro atoms. The average molecular weight is 842 g/mol. The summed E-state index contributed by atoms with van der Waals surface area (Å²) in [5.74, 6) is -1.77. The van der Waals surface area contributed by atoms with Gasteiger partial charge in [0.05, 0.1) is 22.3 Å². The maximum absolute atomic E-state index is 14.7. The zero-order chi connectivity index (χ0) is 43.3. The molecule has 0 radical (unpaired) electrons. The van der Waals surface area contributed by atoms with E-state index >= 15 is 0 Å². The molecule has 10 aromatic rings.